The SMILES string of the molecule is Cc1ccc(C)c(NC(=O)C(Sc2ccc(NC(=O)/C(=C/c3ccccc3Cl)NC(=O)c3ccccc3)cc2)c2ccccc2)c1. The van der Waals surface area contributed by atoms with Gasteiger partial charge in [-0.15, -0.1) is 11.8 Å². The van der Waals surface area contributed by atoms with E-state index in [-0.39, 0.29) is 11.6 Å². The van der Waals surface area contributed by atoms with Crippen molar-refractivity contribution in [2.24, 2.45) is 0 Å². The van der Waals surface area contributed by atoms with Gasteiger partial charge < -0.3 is 16.0 Å². The minimum atomic E-state index is -0.514. The van der Waals surface area contributed by atoms with Crippen LogP contribution >= 0.6 is 23.4 Å². The van der Waals surface area contributed by atoms with Crippen LogP contribution in [-0.2, 0) is 9.59 Å². The summed E-state index contributed by atoms with van der Waals surface area (Å²) in [4.78, 5) is 40.9. The van der Waals surface area contributed by atoms with E-state index in [1.165, 1.54) is 11.8 Å². The number of aryl methyl sites for hydroxylation is 2. The van der Waals surface area contributed by atoms with Crippen LogP contribution in [0.1, 0.15) is 37.9 Å². The maximum atomic E-state index is 13.6. The van der Waals surface area contributed by atoms with Gasteiger partial charge in [-0.2, -0.15) is 0 Å². The van der Waals surface area contributed by atoms with E-state index >= 15 is 0 Å². The lowest BCUT2D eigenvalue weighted by Crippen LogP contribution is -2.30. The van der Waals surface area contributed by atoms with Crippen LogP contribution in [0.3, 0.4) is 0 Å². The largest absolute Gasteiger partial charge is 0.325 e. The molecule has 5 rings (SSSR count). The molecule has 5 aromatic rings. The van der Waals surface area contributed by atoms with E-state index in [9.17, 15) is 14.4 Å². The predicted molar refractivity (Wildman–Crippen MR) is 188 cm³/mol. The lowest BCUT2D eigenvalue weighted by atomic mass is 10.1. The highest BCUT2D eigenvalue weighted by Crippen LogP contribution is 2.37. The number of halogens is 1. The molecule has 3 N–H and O–H groups in total. The fraction of sp³-hybridized carbons (Fsp3) is 0.0789. The van der Waals surface area contributed by atoms with Crippen molar-refractivity contribution in [1.82, 2.24) is 5.32 Å². The smallest absolute Gasteiger partial charge is 0.272 e. The van der Waals surface area contributed by atoms with Gasteiger partial charge in [-0.3, -0.25) is 14.4 Å². The number of hydrogen-bond acceptors (Lipinski definition) is 4. The monoisotopic (exact) mass is 645 g/mol. The van der Waals surface area contributed by atoms with Crippen molar-refractivity contribution in [3.05, 3.63) is 166 Å². The summed E-state index contributed by atoms with van der Waals surface area (Å²) in [5.41, 5.74) is 5.25. The Morgan fingerprint density at radius 3 is 2.09 bits per heavy atom. The van der Waals surface area contributed by atoms with Gasteiger partial charge in [0.05, 0.1) is 0 Å². The summed E-state index contributed by atoms with van der Waals surface area (Å²) in [6.07, 6.45) is 1.54. The van der Waals surface area contributed by atoms with Crippen molar-refractivity contribution in [2.45, 2.75) is 24.0 Å². The molecule has 5 aromatic carbocycles. The maximum Gasteiger partial charge on any atom is 0.272 e. The molecule has 0 bridgehead atoms. The Morgan fingerprint density at radius 1 is 0.739 bits per heavy atom. The van der Waals surface area contributed by atoms with Gasteiger partial charge >= 0.3 is 0 Å². The summed E-state index contributed by atoms with van der Waals surface area (Å²) < 4.78 is 0. The molecule has 0 saturated carbocycles. The molecule has 0 aromatic heterocycles. The summed E-state index contributed by atoms with van der Waals surface area (Å²) in [6.45, 7) is 3.96. The molecule has 46 heavy (non-hydrogen) atoms. The number of thioether (sulfide) groups is 1. The summed E-state index contributed by atoms with van der Waals surface area (Å²) >= 11 is 7.77. The van der Waals surface area contributed by atoms with E-state index in [0.29, 0.717) is 21.8 Å². The fourth-order valence-corrected chi connectivity index (χ4v) is 5.83. The van der Waals surface area contributed by atoms with Crippen LogP contribution in [0.15, 0.2) is 138 Å². The Kier molecular flexibility index (Phi) is 10.7. The van der Waals surface area contributed by atoms with Crippen LogP contribution in [0.5, 0.6) is 0 Å². The van der Waals surface area contributed by atoms with Crippen LogP contribution in [0.4, 0.5) is 11.4 Å². The number of rotatable bonds is 10. The molecular formula is C38H32ClN3O3S. The number of amides is 3. The normalized spacial score (nSPS) is 11.8. The van der Waals surface area contributed by atoms with Gasteiger partial charge in [0.15, 0.2) is 0 Å². The van der Waals surface area contributed by atoms with E-state index < -0.39 is 17.1 Å². The Morgan fingerprint density at radius 2 is 1.39 bits per heavy atom. The molecule has 230 valence electrons. The van der Waals surface area contributed by atoms with E-state index in [0.717, 1.165) is 27.3 Å². The maximum absolute atomic E-state index is 13.6. The van der Waals surface area contributed by atoms with Gasteiger partial charge in [0.25, 0.3) is 11.8 Å². The second-order valence-electron chi connectivity index (χ2n) is 10.6. The number of carbonyl (C=O) groups excluding carboxylic acids is 3. The number of nitrogens with one attached hydrogen (secondary N) is 3. The molecule has 1 atom stereocenters. The van der Waals surface area contributed by atoms with Crippen LogP contribution in [0.25, 0.3) is 6.08 Å². The highest BCUT2D eigenvalue weighted by molar-refractivity contribution is 8.00. The van der Waals surface area contributed by atoms with Gasteiger partial charge in [0.1, 0.15) is 10.9 Å². The standard InChI is InChI=1S/C38H32ClN3O3S/c1-25-17-18-26(2)33(23-25)41-38(45)35(27-11-5-3-6-12-27)46-31-21-19-30(20-22-31)40-37(44)34(24-29-15-9-10-16-32(29)39)42-36(43)28-13-7-4-8-14-28/h3-24,35H,1-2H3,(H,40,44)(H,41,45)(H,42,43)/b34-24-. The molecule has 0 fully saturated rings. The molecule has 6 nitrogen and oxygen atoms in total. The van der Waals surface area contributed by atoms with Gasteiger partial charge in [-0.05, 0) is 90.7 Å². The molecule has 0 aliphatic carbocycles. The summed E-state index contributed by atoms with van der Waals surface area (Å²) in [7, 11) is 0. The third-order valence-electron chi connectivity index (χ3n) is 7.09. The Bertz CT molecular complexity index is 1880. The minimum absolute atomic E-state index is 0.0349. The molecule has 0 spiro atoms. The third-order valence-corrected chi connectivity index (χ3v) is 8.70. The first-order chi connectivity index (χ1) is 22.3. The molecule has 8 heteroatoms. The zero-order chi connectivity index (χ0) is 32.5. The fourth-order valence-electron chi connectivity index (χ4n) is 4.61. The van der Waals surface area contributed by atoms with E-state index in [1.807, 2.05) is 80.6 Å². The van der Waals surface area contributed by atoms with Crippen LogP contribution in [-0.4, -0.2) is 17.7 Å². The lowest BCUT2D eigenvalue weighted by Gasteiger charge is -2.18. The highest BCUT2D eigenvalue weighted by atomic mass is 35.5. The average molecular weight is 646 g/mol. The molecule has 0 saturated heterocycles. The van der Waals surface area contributed by atoms with Crippen molar-refractivity contribution >= 4 is 58.5 Å². The van der Waals surface area contributed by atoms with E-state index in [4.69, 9.17) is 11.6 Å². The molecule has 3 amide bonds. The van der Waals surface area contributed by atoms with Crippen LogP contribution in [0.2, 0.25) is 5.02 Å². The summed E-state index contributed by atoms with van der Waals surface area (Å²) in [5.74, 6) is -1.07. The van der Waals surface area contributed by atoms with Crippen molar-refractivity contribution in [3.63, 3.8) is 0 Å². The Hall–Kier alpha value is -5.11. The van der Waals surface area contributed by atoms with E-state index in [2.05, 4.69) is 16.0 Å². The average Bonchev–Trinajstić information content (AvgIpc) is 3.07. The van der Waals surface area contributed by atoms with Crippen molar-refractivity contribution in [3.8, 4) is 0 Å². The molecular weight excluding hydrogens is 614 g/mol. The van der Waals surface area contributed by atoms with E-state index in [1.54, 1.807) is 66.7 Å². The van der Waals surface area contributed by atoms with Crippen LogP contribution in [0, 0.1) is 13.8 Å². The second kappa shape index (κ2) is 15.3. The Labute approximate surface area is 277 Å². The molecule has 1 unspecified atom stereocenters. The molecule has 0 aliphatic heterocycles. The number of hydrogen-bond donors (Lipinski definition) is 3. The van der Waals surface area contributed by atoms with Crippen molar-refractivity contribution in [2.75, 3.05) is 10.6 Å². The number of benzene rings is 5. The van der Waals surface area contributed by atoms with Crippen molar-refractivity contribution < 1.29 is 14.4 Å². The highest BCUT2D eigenvalue weighted by Gasteiger charge is 2.23. The number of anilines is 2. The second-order valence-corrected chi connectivity index (χ2v) is 12.2. The lowest BCUT2D eigenvalue weighted by molar-refractivity contribution is -0.116. The van der Waals surface area contributed by atoms with Crippen molar-refractivity contribution in [1.29, 1.82) is 0 Å². The molecule has 0 radical (unpaired) electrons. The Balaban J connectivity index is 1.34. The van der Waals surface area contributed by atoms with Gasteiger partial charge in [-0.1, -0.05) is 90.5 Å². The molecule has 0 aliphatic rings. The number of carbonyl (C=O) groups is 3. The quantitative estimate of drug-likeness (QED) is 0.105. The summed E-state index contributed by atoms with van der Waals surface area (Å²) in [6, 6.07) is 38.5. The first-order valence-electron chi connectivity index (χ1n) is 14.6. The predicted octanol–water partition coefficient (Wildman–Crippen LogP) is 8.84. The van der Waals surface area contributed by atoms with Gasteiger partial charge in [0.2, 0.25) is 5.91 Å². The van der Waals surface area contributed by atoms with Crippen LogP contribution < -0.4 is 16.0 Å². The van der Waals surface area contributed by atoms with Gasteiger partial charge in [0, 0.05) is 26.9 Å². The zero-order valence-corrected chi connectivity index (χ0v) is 26.9. The third kappa shape index (κ3) is 8.53. The first kappa shape index (κ1) is 32.3. The topological polar surface area (TPSA) is 87.3 Å². The summed E-state index contributed by atoms with van der Waals surface area (Å²) in [5, 5.41) is 8.62. The first-order valence-corrected chi connectivity index (χ1v) is 15.9. The van der Waals surface area contributed by atoms with Gasteiger partial charge in [-0.25, -0.2) is 0 Å². The minimum Gasteiger partial charge on any atom is -0.325 e. The molecule has 0 heterocycles. The zero-order valence-electron chi connectivity index (χ0n) is 25.3.